The van der Waals surface area contributed by atoms with Crippen molar-refractivity contribution < 1.29 is 24.9 Å². The van der Waals surface area contributed by atoms with E-state index in [1.165, 1.54) is 11.1 Å². The highest BCUT2D eigenvalue weighted by Gasteiger charge is 2.32. The Morgan fingerprint density at radius 3 is 2.22 bits per heavy atom. The fourth-order valence-electron chi connectivity index (χ4n) is 5.27. The Kier molecular flexibility index (Phi) is 9.22. The Morgan fingerprint density at radius 1 is 1.06 bits per heavy atom. The zero-order chi connectivity index (χ0) is 26.3. The first-order chi connectivity index (χ1) is 17.1. The van der Waals surface area contributed by atoms with Gasteiger partial charge in [-0.3, -0.25) is 4.79 Å². The molecule has 0 amide bonds. The highest BCUT2D eigenvalue weighted by Crippen LogP contribution is 2.41. The number of aliphatic carboxylic acids is 1. The fraction of sp³-hybridized carbons (Fsp3) is 0.516. The minimum atomic E-state index is -0.925. The van der Waals surface area contributed by atoms with Crippen LogP contribution in [-0.4, -0.2) is 39.6 Å². The van der Waals surface area contributed by atoms with Crippen molar-refractivity contribution in [2.45, 2.75) is 96.2 Å². The van der Waals surface area contributed by atoms with Crippen LogP contribution < -0.4 is 4.74 Å². The molecule has 0 aliphatic heterocycles. The summed E-state index contributed by atoms with van der Waals surface area (Å²) in [5.74, 6) is 6.13. The second-order valence-corrected chi connectivity index (χ2v) is 10.2. The van der Waals surface area contributed by atoms with E-state index in [1.807, 2.05) is 13.0 Å². The zero-order valence-corrected chi connectivity index (χ0v) is 22.1. The largest absolute Gasteiger partial charge is 0.491 e. The van der Waals surface area contributed by atoms with Gasteiger partial charge in [0.15, 0.2) is 0 Å². The molecule has 1 saturated carbocycles. The predicted octanol–water partition coefficient (Wildman–Crippen LogP) is 5.67. The molecule has 3 rings (SSSR count). The number of carbonyl (C=O) groups is 1. The van der Waals surface area contributed by atoms with Gasteiger partial charge < -0.3 is 20.1 Å². The van der Waals surface area contributed by atoms with Crippen molar-refractivity contribution >= 4 is 5.97 Å². The molecule has 5 nitrogen and oxygen atoms in total. The van der Waals surface area contributed by atoms with Gasteiger partial charge in [0.25, 0.3) is 0 Å². The molecule has 0 saturated heterocycles. The molecule has 2 aromatic carbocycles. The number of rotatable bonds is 10. The van der Waals surface area contributed by atoms with Gasteiger partial charge in [0.05, 0.1) is 6.10 Å². The van der Waals surface area contributed by atoms with Crippen molar-refractivity contribution in [1.29, 1.82) is 0 Å². The third-order valence-electron chi connectivity index (χ3n) is 7.70. The van der Waals surface area contributed by atoms with Crippen LogP contribution in [-0.2, 0) is 10.2 Å². The summed E-state index contributed by atoms with van der Waals surface area (Å²) in [6.45, 7) is 8.56. The van der Waals surface area contributed by atoms with E-state index in [2.05, 4.69) is 62.9 Å². The Bertz CT molecular complexity index is 1110. The summed E-state index contributed by atoms with van der Waals surface area (Å²) in [5, 5.41) is 29.4. The van der Waals surface area contributed by atoms with Crippen LogP contribution in [0.2, 0.25) is 0 Å². The van der Waals surface area contributed by atoms with E-state index in [1.54, 1.807) is 0 Å². The average molecular weight is 493 g/mol. The molecule has 0 bridgehead atoms. The summed E-state index contributed by atoms with van der Waals surface area (Å²) in [7, 11) is 0. The highest BCUT2D eigenvalue weighted by atomic mass is 16.5. The number of aliphatic hydroxyl groups is 2. The molecule has 1 fully saturated rings. The number of carboxylic acid groups (broad SMARTS) is 1. The molecule has 2 aromatic rings. The summed E-state index contributed by atoms with van der Waals surface area (Å²) >= 11 is 0. The summed E-state index contributed by atoms with van der Waals surface area (Å²) in [5.41, 5.74) is 4.50. The fourth-order valence-corrected chi connectivity index (χ4v) is 5.27. The number of hydrogen-bond donors (Lipinski definition) is 3. The van der Waals surface area contributed by atoms with Crippen molar-refractivity contribution in [1.82, 2.24) is 0 Å². The van der Waals surface area contributed by atoms with Crippen LogP contribution in [0.5, 0.6) is 5.75 Å². The highest BCUT2D eigenvalue weighted by molar-refractivity contribution is 5.66. The number of ether oxygens (including phenoxy) is 1. The van der Waals surface area contributed by atoms with Crippen molar-refractivity contribution in [3.8, 4) is 17.6 Å². The number of benzene rings is 2. The lowest BCUT2D eigenvalue weighted by Gasteiger charge is -2.34. The molecule has 0 spiro atoms. The van der Waals surface area contributed by atoms with E-state index in [4.69, 9.17) is 9.84 Å². The first kappa shape index (κ1) is 27.8. The maximum atomic E-state index is 10.7. The SMILES string of the molecule is CCC(CC)(c1ccc(C#CC2(O)CCCC2)c(C)c1)c1ccc(OC[C@@H](O)CCC(=O)O)c(C)c1. The molecule has 1 atom stereocenters. The summed E-state index contributed by atoms with van der Waals surface area (Å²) in [6.07, 6.45) is 4.72. The van der Waals surface area contributed by atoms with Crippen LogP contribution in [0.25, 0.3) is 0 Å². The molecule has 5 heteroatoms. The lowest BCUT2D eigenvalue weighted by atomic mass is 9.70. The molecule has 194 valence electrons. The van der Waals surface area contributed by atoms with E-state index in [9.17, 15) is 15.0 Å². The van der Waals surface area contributed by atoms with Crippen molar-refractivity contribution in [3.63, 3.8) is 0 Å². The molecule has 0 heterocycles. The molecular weight excluding hydrogens is 452 g/mol. The molecule has 0 unspecified atom stereocenters. The summed E-state index contributed by atoms with van der Waals surface area (Å²) in [6, 6.07) is 12.7. The minimum Gasteiger partial charge on any atom is -0.491 e. The second-order valence-electron chi connectivity index (χ2n) is 10.2. The molecule has 0 radical (unpaired) electrons. The maximum absolute atomic E-state index is 10.7. The van der Waals surface area contributed by atoms with Crippen LogP contribution in [0.1, 0.15) is 93.0 Å². The van der Waals surface area contributed by atoms with Crippen molar-refractivity contribution in [2.75, 3.05) is 6.61 Å². The topological polar surface area (TPSA) is 87.0 Å². The zero-order valence-electron chi connectivity index (χ0n) is 22.1. The van der Waals surface area contributed by atoms with E-state index < -0.39 is 17.7 Å². The summed E-state index contributed by atoms with van der Waals surface area (Å²) in [4.78, 5) is 10.7. The standard InChI is InChI=1S/C31H40O5/c1-5-31(6-2,25-10-9-24(22(3)19-25)15-18-30(35)16-7-8-17-30)26-11-13-28(23(4)20-26)36-21-27(32)12-14-29(33)34/h9-11,13,19-20,27,32,35H,5-8,12,14,16-17,21H2,1-4H3,(H,33,34)/t27-/m0/s1. The third kappa shape index (κ3) is 6.49. The lowest BCUT2D eigenvalue weighted by Crippen LogP contribution is -2.26. The van der Waals surface area contributed by atoms with Gasteiger partial charge in [-0.05, 0) is 93.2 Å². The Balaban J connectivity index is 1.82. The average Bonchev–Trinajstić information content (AvgIpc) is 3.29. The molecular formula is C31H40O5. The monoisotopic (exact) mass is 492 g/mol. The van der Waals surface area contributed by atoms with Crippen LogP contribution in [0.3, 0.4) is 0 Å². The number of carboxylic acids is 1. The minimum absolute atomic E-state index is 0.0665. The number of aryl methyl sites for hydroxylation is 2. The molecule has 3 N–H and O–H groups in total. The number of aliphatic hydroxyl groups excluding tert-OH is 1. The smallest absolute Gasteiger partial charge is 0.303 e. The van der Waals surface area contributed by atoms with Gasteiger partial charge in [0.2, 0.25) is 0 Å². The van der Waals surface area contributed by atoms with Gasteiger partial charge in [-0.25, -0.2) is 0 Å². The van der Waals surface area contributed by atoms with E-state index in [-0.39, 0.29) is 24.9 Å². The van der Waals surface area contributed by atoms with Gasteiger partial charge in [-0.1, -0.05) is 50.0 Å². The van der Waals surface area contributed by atoms with Gasteiger partial charge in [-0.2, -0.15) is 0 Å². The summed E-state index contributed by atoms with van der Waals surface area (Å²) < 4.78 is 5.80. The first-order valence-corrected chi connectivity index (χ1v) is 13.1. The van der Waals surface area contributed by atoms with Gasteiger partial charge in [0.1, 0.15) is 18.0 Å². The van der Waals surface area contributed by atoms with Crippen molar-refractivity contribution in [2.24, 2.45) is 0 Å². The molecule has 1 aliphatic rings. The van der Waals surface area contributed by atoms with Crippen LogP contribution in [0, 0.1) is 25.7 Å². The second kappa shape index (κ2) is 12.0. The van der Waals surface area contributed by atoms with E-state index >= 15 is 0 Å². The lowest BCUT2D eigenvalue weighted by molar-refractivity contribution is -0.137. The van der Waals surface area contributed by atoms with Gasteiger partial charge in [0, 0.05) is 17.4 Å². The number of hydrogen-bond acceptors (Lipinski definition) is 4. The van der Waals surface area contributed by atoms with Gasteiger partial charge in [-0.15, -0.1) is 0 Å². The van der Waals surface area contributed by atoms with E-state index in [0.29, 0.717) is 5.75 Å². The van der Waals surface area contributed by atoms with Crippen molar-refractivity contribution in [3.05, 3.63) is 64.2 Å². The maximum Gasteiger partial charge on any atom is 0.303 e. The van der Waals surface area contributed by atoms with Crippen LogP contribution in [0.4, 0.5) is 0 Å². The van der Waals surface area contributed by atoms with Gasteiger partial charge >= 0.3 is 5.97 Å². The van der Waals surface area contributed by atoms with Crippen LogP contribution in [0.15, 0.2) is 36.4 Å². The molecule has 0 aromatic heterocycles. The Morgan fingerprint density at radius 2 is 1.67 bits per heavy atom. The van der Waals surface area contributed by atoms with E-state index in [0.717, 1.165) is 55.2 Å². The normalized spacial score (nSPS) is 15.7. The Labute approximate surface area is 215 Å². The molecule has 36 heavy (non-hydrogen) atoms. The quantitative estimate of drug-likeness (QED) is 0.372. The molecule has 1 aliphatic carbocycles. The third-order valence-corrected chi connectivity index (χ3v) is 7.70. The Hall–Kier alpha value is -2.81. The first-order valence-electron chi connectivity index (χ1n) is 13.1. The predicted molar refractivity (Wildman–Crippen MR) is 142 cm³/mol. The van der Waals surface area contributed by atoms with Crippen LogP contribution >= 0.6 is 0 Å².